The molecule has 4 saturated carbocycles. The average Bonchev–Trinajstić information content (AvgIpc) is 2.76. The van der Waals surface area contributed by atoms with Crippen LogP contribution in [0.1, 0.15) is 71.6 Å². The van der Waals surface area contributed by atoms with Gasteiger partial charge in [-0.15, -0.1) is 0 Å². The Bertz CT molecular complexity index is 422. The van der Waals surface area contributed by atoms with Crippen molar-refractivity contribution < 1.29 is 10.2 Å². The standard InChI is InChI=1S/C19H32O2/c1-18-9-7-13(20)11-12(18)3-4-14-15-5-6-17(21)19(15,2)10-8-16(14)18/h12-17,20-21H,3-11H2,1-2H3/t12-,13+,14-,15?,16?,17+,18-,19-/m0/s1. The van der Waals surface area contributed by atoms with Crippen LogP contribution < -0.4 is 0 Å². The zero-order valence-corrected chi connectivity index (χ0v) is 13.7. The Labute approximate surface area is 129 Å². The summed E-state index contributed by atoms with van der Waals surface area (Å²) in [6.45, 7) is 4.90. The minimum Gasteiger partial charge on any atom is -0.393 e. The van der Waals surface area contributed by atoms with Crippen molar-refractivity contribution >= 4 is 0 Å². The van der Waals surface area contributed by atoms with Gasteiger partial charge in [-0.1, -0.05) is 13.8 Å². The minimum absolute atomic E-state index is 0.0400. The molecule has 0 aromatic heterocycles. The number of hydrogen-bond donors (Lipinski definition) is 2. The van der Waals surface area contributed by atoms with Gasteiger partial charge in [0.1, 0.15) is 0 Å². The molecule has 0 bridgehead atoms. The quantitative estimate of drug-likeness (QED) is 0.714. The van der Waals surface area contributed by atoms with E-state index in [0.29, 0.717) is 5.41 Å². The van der Waals surface area contributed by atoms with E-state index in [0.717, 1.165) is 42.9 Å². The Morgan fingerprint density at radius 2 is 1.48 bits per heavy atom. The molecule has 4 aliphatic rings. The summed E-state index contributed by atoms with van der Waals surface area (Å²) in [6, 6.07) is 0. The number of fused-ring (bicyclic) bond motifs is 5. The summed E-state index contributed by atoms with van der Waals surface area (Å²) >= 11 is 0. The molecule has 120 valence electrons. The molecule has 8 atom stereocenters. The van der Waals surface area contributed by atoms with E-state index >= 15 is 0 Å². The van der Waals surface area contributed by atoms with Crippen LogP contribution in [0.25, 0.3) is 0 Å². The maximum Gasteiger partial charge on any atom is 0.0596 e. The first-order chi connectivity index (χ1) is 9.95. The summed E-state index contributed by atoms with van der Waals surface area (Å²) in [5.74, 6) is 3.21. The molecule has 0 aliphatic heterocycles. The molecule has 0 spiro atoms. The molecule has 2 heteroatoms. The SMILES string of the molecule is C[C@]12CCC3[C@@H](CC[C@H]4C[C@H](O)CC[C@]34C)C1CC[C@H]2O. The molecule has 2 unspecified atom stereocenters. The molecular weight excluding hydrogens is 260 g/mol. The summed E-state index contributed by atoms with van der Waals surface area (Å²) in [4.78, 5) is 0. The first-order valence-corrected chi connectivity index (χ1v) is 9.31. The van der Waals surface area contributed by atoms with E-state index in [4.69, 9.17) is 0 Å². The Hall–Kier alpha value is -0.0800. The molecule has 4 rings (SSSR count). The van der Waals surface area contributed by atoms with E-state index in [1.165, 1.54) is 38.5 Å². The third kappa shape index (κ3) is 1.91. The van der Waals surface area contributed by atoms with Crippen molar-refractivity contribution in [3.8, 4) is 0 Å². The molecule has 2 nitrogen and oxygen atoms in total. The zero-order valence-electron chi connectivity index (χ0n) is 13.7. The fourth-order valence-corrected chi connectivity index (χ4v) is 7.21. The molecule has 0 aromatic rings. The lowest BCUT2D eigenvalue weighted by atomic mass is 9.45. The normalized spacial score (nSPS) is 60.0. The van der Waals surface area contributed by atoms with E-state index in [-0.39, 0.29) is 17.6 Å². The molecule has 0 heterocycles. The van der Waals surface area contributed by atoms with Crippen molar-refractivity contribution in [3.63, 3.8) is 0 Å². The second kappa shape index (κ2) is 4.71. The summed E-state index contributed by atoms with van der Waals surface area (Å²) in [7, 11) is 0. The summed E-state index contributed by atoms with van der Waals surface area (Å²) in [6.07, 6.45) is 10.7. The van der Waals surface area contributed by atoms with Gasteiger partial charge in [0.05, 0.1) is 12.2 Å². The van der Waals surface area contributed by atoms with Gasteiger partial charge in [0, 0.05) is 0 Å². The molecule has 0 radical (unpaired) electrons. The molecule has 2 N–H and O–H groups in total. The third-order valence-electron chi connectivity index (χ3n) is 8.59. The smallest absolute Gasteiger partial charge is 0.0596 e. The van der Waals surface area contributed by atoms with Crippen molar-refractivity contribution in [2.24, 2.45) is 34.5 Å². The van der Waals surface area contributed by atoms with Gasteiger partial charge in [-0.25, -0.2) is 0 Å². The fourth-order valence-electron chi connectivity index (χ4n) is 7.21. The van der Waals surface area contributed by atoms with Crippen molar-refractivity contribution in [2.45, 2.75) is 83.8 Å². The lowest BCUT2D eigenvalue weighted by Crippen LogP contribution is -2.54. The average molecular weight is 292 g/mol. The van der Waals surface area contributed by atoms with Crippen LogP contribution in [-0.2, 0) is 0 Å². The van der Waals surface area contributed by atoms with E-state index in [9.17, 15) is 10.2 Å². The van der Waals surface area contributed by atoms with Crippen LogP contribution in [-0.4, -0.2) is 22.4 Å². The summed E-state index contributed by atoms with van der Waals surface area (Å²) in [5.41, 5.74) is 0.676. The van der Waals surface area contributed by atoms with Gasteiger partial charge < -0.3 is 10.2 Å². The van der Waals surface area contributed by atoms with Gasteiger partial charge in [-0.2, -0.15) is 0 Å². The molecule has 0 amide bonds. The lowest BCUT2D eigenvalue weighted by molar-refractivity contribution is -0.133. The van der Waals surface area contributed by atoms with Gasteiger partial charge in [0.25, 0.3) is 0 Å². The molecule has 0 aromatic carbocycles. The highest BCUT2D eigenvalue weighted by Crippen LogP contribution is 2.66. The fraction of sp³-hybridized carbons (Fsp3) is 1.00. The predicted molar refractivity (Wildman–Crippen MR) is 83.7 cm³/mol. The molecule has 0 saturated heterocycles. The highest BCUT2D eigenvalue weighted by Gasteiger charge is 2.59. The first kappa shape index (κ1) is 14.5. The second-order valence-electron chi connectivity index (χ2n) is 9.22. The first-order valence-electron chi connectivity index (χ1n) is 9.31. The monoisotopic (exact) mass is 292 g/mol. The zero-order chi connectivity index (χ0) is 14.8. The minimum atomic E-state index is -0.0536. The van der Waals surface area contributed by atoms with Crippen LogP contribution in [0.15, 0.2) is 0 Å². The van der Waals surface area contributed by atoms with Gasteiger partial charge in [-0.05, 0) is 92.3 Å². The number of aliphatic hydroxyl groups is 2. The number of aliphatic hydroxyl groups excluding tert-OH is 2. The highest BCUT2D eigenvalue weighted by molar-refractivity contribution is 5.09. The van der Waals surface area contributed by atoms with Gasteiger partial charge in [-0.3, -0.25) is 0 Å². The molecule has 21 heavy (non-hydrogen) atoms. The number of hydrogen-bond acceptors (Lipinski definition) is 2. The van der Waals surface area contributed by atoms with Crippen LogP contribution in [0.5, 0.6) is 0 Å². The number of rotatable bonds is 0. The van der Waals surface area contributed by atoms with Crippen molar-refractivity contribution in [1.82, 2.24) is 0 Å². The molecule has 4 fully saturated rings. The third-order valence-corrected chi connectivity index (χ3v) is 8.59. The summed E-state index contributed by atoms with van der Waals surface area (Å²) < 4.78 is 0. The van der Waals surface area contributed by atoms with Crippen LogP contribution in [0.4, 0.5) is 0 Å². The molecule has 4 aliphatic carbocycles. The van der Waals surface area contributed by atoms with Crippen molar-refractivity contribution in [2.75, 3.05) is 0 Å². The second-order valence-corrected chi connectivity index (χ2v) is 9.22. The maximum atomic E-state index is 10.5. The Kier molecular flexibility index (Phi) is 3.25. The van der Waals surface area contributed by atoms with Gasteiger partial charge in [0.2, 0.25) is 0 Å². The molecular formula is C19H32O2. The topological polar surface area (TPSA) is 40.5 Å². The van der Waals surface area contributed by atoms with Crippen LogP contribution >= 0.6 is 0 Å². The van der Waals surface area contributed by atoms with E-state index < -0.39 is 0 Å². The Morgan fingerprint density at radius 3 is 2.29 bits per heavy atom. The van der Waals surface area contributed by atoms with Crippen molar-refractivity contribution in [3.05, 3.63) is 0 Å². The maximum absolute atomic E-state index is 10.5. The van der Waals surface area contributed by atoms with E-state index in [1.807, 2.05) is 0 Å². The Balaban J connectivity index is 1.62. The van der Waals surface area contributed by atoms with Crippen LogP contribution in [0.3, 0.4) is 0 Å². The largest absolute Gasteiger partial charge is 0.393 e. The highest BCUT2D eigenvalue weighted by atomic mass is 16.3. The lowest BCUT2D eigenvalue weighted by Gasteiger charge is -2.60. The van der Waals surface area contributed by atoms with Gasteiger partial charge in [0.15, 0.2) is 0 Å². The Morgan fingerprint density at radius 1 is 0.762 bits per heavy atom. The summed E-state index contributed by atoms with van der Waals surface area (Å²) in [5, 5.41) is 20.5. The predicted octanol–water partition coefficient (Wildman–Crippen LogP) is 3.75. The van der Waals surface area contributed by atoms with Crippen LogP contribution in [0, 0.1) is 34.5 Å². The van der Waals surface area contributed by atoms with Gasteiger partial charge >= 0.3 is 0 Å². The van der Waals surface area contributed by atoms with E-state index in [1.54, 1.807) is 0 Å². The van der Waals surface area contributed by atoms with Crippen molar-refractivity contribution in [1.29, 1.82) is 0 Å². The van der Waals surface area contributed by atoms with E-state index in [2.05, 4.69) is 13.8 Å². The van der Waals surface area contributed by atoms with Crippen LogP contribution in [0.2, 0.25) is 0 Å².